The Balaban J connectivity index is 2.07. The van der Waals surface area contributed by atoms with Crippen LogP contribution in [0, 0.1) is 0 Å². The number of anilines is 1. The second-order valence-electron chi connectivity index (χ2n) is 4.31. The van der Waals surface area contributed by atoms with Crippen molar-refractivity contribution < 1.29 is 4.74 Å². The number of hydrogen-bond donors (Lipinski definition) is 1. The maximum Gasteiger partial charge on any atom is 0.201 e. The molecule has 0 saturated heterocycles. The van der Waals surface area contributed by atoms with Gasteiger partial charge in [-0.3, -0.25) is 0 Å². The maximum atomic E-state index is 6.02. The average molecular weight is 269 g/mol. The van der Waals surface area contributed by atoms with E-state index in [9.17, 15) is 0 Å². The fourth-order valence-corrected chi connectivity index (χ4v) is 2.15. The SMILES string of the molecule is CCOc1cccc2c1nc(N)n2Cc1ccncn1. The molecule has 0 spiro atoms. The Labute approximate surface area is 116 Å². The largest absolute Gasteiger partial charge is 0.492 e. The Morgan fingerprint density at radius 3 is 2.95 bits per heavy atom. The van der Waals surface area contributed by atoms with Gasteiger partial charge in [0.2, 0.25) is 5.95 Å². The second-order valence-corrected chi connectivity index (χ2v) is 4.31. The van der Waals surface area contributed by atoms with Crippen molar-refractivity contribution in [2.24, 2.45) is 0 Å². The lowest BCUT2D eigenvalue weighted by molar-refractivity contribution is 0.343. The third-order valence-electron chi connectivity index (χ3n) is 3.03. The van der Waals surface area contributed by atoms with E-state index < -0.39 is 0 Å². The lowest BCUT2D eigenvalue weighted by atomic mass is 10.3. The van der Waals surface area contributed by atoms with Crippen molar-refractivity contribution in [3.05, 3.63) is 42.5 Å². The molecule has 6 nitrogen and oxygen atoms in total. The molecule has 0 fully saturated rings. The van der Waals surface area contributed by atoms with E-state index in [1.54, 1.807) is 6.20 Å². The van der Waals surface area contributed by atoms with Gasteiger partial charge in [-0.2, -0.15) is 0 Å². The van der Waals surface area contributed by atoms with Crippen LogP contribution in [0.5, 0.6) is 5.75 Å². The van der Waals surface area contributed by atoms with Crippen molar-refractivity contribution in [2.45, 2.75) is 13.5 Å². The first-order chi connectivity index (χ1) is 9.79. The smallest absolute Gasteiger partial charge is 0.201 e. The zero-order valence-corrected chi connectivity index (χ0v) is 11.2. The number of imidazole rings is 1. The topological polar surface area (TPSA) is 78.9 Å². The molecule has 0 aliphatic carbocycles. The Hall–Kier alpha value is -2.63. The number of para-hydroxylation sites is 1. The molecule has 3 aromatic rings. The summed E-state index contributed by atoms with van der Waals surface area (Å²) in [6.07, 6.45) is 3.24. The Morgan fingerprint density at radius 2 is 2.20 bits per heavy atom. The second kappa shape index (κ2) is 5.16. The summed E-state index contributed by atoms with van der Waals surface area (Å²) in [4.78, 5) is 12.5. The molecule has 20 heavy (non-hydrogen) atoms. The molecule has 2 aromatic heterocycles. The van der Waals surface area contributed by atoms with Crippen LogP contribution >= 0.6 is 0 Å². The number of rotatable bonds is 4. The van der Waals surface area contributed by atoms with Crippen molar-refractivity contribution in [3.8, 4) is 5.75 Å². The van der Waals surface area contributed by atoms with Gasteiger partial charge in [-0.15, -0.1) is 0 Å². The first kappa shape index (κ1) is 12.4. The highest BCUT2D eigenvalue weighted by molar-refractivity contribution is 5.84. The fraction of sp³-hybridized carbons (Fsp3) is 0.214. The van der Waals surface area contributed by atoms with Crippen LogP contribution in [-0.4, -0.2) is 26.1 Å². The summed E-state index contributed by atoms with van der Waals surface area (Å²) in [6.45, 7) is 3.10. The van der Waals surface area contributed by atoms with Crippen LogP contribution < -0.4 is 10.5 Å². The van der Waals surface area contributed by atoms with Gasteiger partial charge in [0.05, 0.1) is 24.4 Å². The molecular formula is C14H15N5O. The summed E-state index contributed by atoms with van der Waals surface area (Å²) in [6, 6.07) is 7.66. The molecule has 0 aliphatic rings. The third-order valence-corrected chi connectivity index (χ3v) is 3.03. The summed E-state index contributed by atoms with van der Waals surface area (Å²) in [5.41, 5.74) is 8.62. The van der Waals surface area contributed by atoms with E-state index in [-0.39, 0.29) is 0 Å². The van der Waals surface area contributed by atoms with E-state index in [4.69, 9.17) is 10.5 Å². The molecule has 0 unspecified atom stereocenters. The highest BCUT2D eigenvalue weighted by Crippen LogP contribution is 2.27. The van der Waals surface area contributed by atoms with Gasteiger partial charge in [0, 0.05) is 6.20 Å². The number of nitrogens with two attached hydrogens (primary N) is 1. The molecule has 6 heteroatoms. The molecule has 0 atom stereocenters. The fourth-order valence-electron chi connectivity index (χ4n) is 2.15. The summed E-state index contributed by atoms with van der Waals surface area (Å²) < 4.78 is 7.50. The quantitative estimate of drug-likeness (QED) is 0.782. The summed E-state index contributed by atoms with van der Waals surface area (Å²) >= 11 is 0. The van der Waals surface area contributed by atoms with Crippen LogP contribution in [0.1, 0.15) is 12.6 Å². The average Bonchev–Trinajstić information content (AvgIpc) is 2.78. The summed E-state index contributed by atoms with van der Waals surface area (Å²) in [5, 5.41) is 0. The highest BCUT2D eigenvalue weighted by atomic mass is 16.5. The molecule has 0 radical (unpaired) electrons. The van der Waals surface area contributed by atoms with Gasteiger partial charge in [0.15, 0.2) is 0 Å². The zero-order chi connectivity index (χ0) is 13.9. The van der Waals surface area contributed by atoms with Crippen LogP contribution in [0.2, 0.25) is 0 Å². The third kappa shape index (κ3) is 2.16. The van der Waals surface area contributed by atoms with E-state index in [1.807, 2.05) is 35.8 Å². The normalized spacial score (nSPS) is 10.8. The van der Waals surface area contributed by atoms with E-state index in [0.29, 0.717) is 19.1 Å². The molecule has 3 rings (SSSR count). The number of aromatic nitrogens is 4. The minimum absolute atomic E-state index is 0.450. The molecule has 2 N–H and O–H groups in total. The van der Waals surface area contributed by atoms with Gasteiger partial charge < -0.3 is 15.0 Å². The molecular weight excluding hydrogens is 254 g/mol. The first-order valence-corrected chi connectivity index (χ1v) is 6.42. The van der Waals surface area contributed by atoms with Gasteiger partial charge in [0.25, 0.3) is 0 Å². The molecule has 0 saturated carbocycles. The van der Waals surface area contributed by atoms with E-state index in [0.717, 1.165) is 22.5 Å². The molecule has 2 heterocycles. The number of hydrogen-bond acceptors (Lipinski definition) is 5. The molecule has 0 aliphatic heterocycles. The first-order valence-electron chi connectivity index (χ1n) is 6.42. The predicted molar refractivity (Wildman–Crippen MR) is 76.4 cm³/mol. The number of nitrogen functional groups attached to an aromatic ring is 1. The van der Waals surface area contributed by atoms with Crippen LogP contribution in [0.25, 0.3) is 11.0 Å². The Morgan fingerprint density at radius 1 is 1.30 bits per heavy atom. The van der Waals surface area contributed by atoms with Gasteiger partial charge in [-0.1, -0.05) is 6.07 Å². The van der Waals surface area contributed by atoms with Gasteiger partial charge >= 0.3 is 0 Å². The van der Waals surface area contributed by atoms with Crippen LogP contribution in [0.4, 0.5) is 5.95 Å². The number of fused-ring (bicyclic) bond motifs is 1. The highest BCUT2D eigenvalue weighted by Gasteiger charge is 2.12. The lowest BCUT2D eigenvalue weighted by Crippen LogP contribution is -2.05. The van der Waals surface area contributed by atoms with Gasteiger partial charge in [0.1, 0.15) is 17.6 Å². The monoisotopic (exact) mass is 269 g/mol. The summed E-state index contributed by atoms with van der Waals surface area (Å²) in [7, 11) is 0. The molecule has 0 bridgehead atoms. The lowest BCUT2D eigenvalue weighted by Gasteiger charge is -2.06. The summed E-state index contributed by atoms with van der Waals surface area (Å²) in [5.74, 6) is 1.20. The van der Waals surface area contributed by atoms with Gasteiger partial charge in [-0.05, 0) is 25.1 Å². The van der Waals surface area contributed by atoms with Crippen molar-refractivity contribution in [3.63, 3.8) is 0 Å². The number of benzene rings is 1. The van der Waals surface area contributed by atoms with E-state index >= 15 is 0 Å². The van der Waals surface area contributed by atoms with Gasteiger partial charge in [-0.25, -0.2) is 15.0 Å². The van der Waals surface area contributed by atoms with Crippen molar-refractivity contribution in [1.29, 1.82) is 0 Å². The minimum atomic E-state index is 0.450. The number of ether oxygens (including phenoxy) is 1. The Bertz CT molecular complexity index is 723. The number of nitrogens with zero attached hydrogens (tertiary/aromatic N) is 4. The zero-order valence-electron chi connectivity index (χ0n) is 11.2. The van der Waals surface area contributed by atoms with E-state index in [2.05, 4.69) is 15.0 Å². The maximum absolute atomic E-state index is 6.02. The van der Waals surface area contributed by atoms with Crippen LogP contribution in [-0.2, 0) is 6.54 Å². The standard InChI is InChI=1S/C14H15N5O/c1-2-20-12-5-3-4-11-13(12)18-14(15)19(11)8-10-6-7-16-9-17-10/h3-7,9H,2,8H2,1H3,(H2,15,18). The van der Waals surface area contributed by atoms with Crippen LogP contribution in [0.3, 0.4) is 0 Å². The Kier molecular flexibility index (Phi) is 3.20. The van der Waals surface area contributed by atoms with Crippen molar-refractivity contribution in [1.82, 2.24) is 19.5 Å². The predicted octanol–water partition coefficient (Wildman–Crippen LogP) is 1.86. The van der Waals surface area contributed by atoms with Crippen molar-refractivity contribution in [2.75, 3.05) is 12.3 Å². The molecule has 102 valence electrons. The molecule has 1 aromatic carbocycles. The molecule has 0 amide bonds. The minimum Gasteiger partial charge on any atom is -0.492 e. The van der Waals surface area contributed by atoms with E-state index in [1.165, 1.54) is 6.33 Å². The van der Waals surface area contributed by atoms with Crippen molar-refractivity contribution >= 4 is 17.0 Å². The van der Waals surface area contributed by atoms with Crippen LogP contribution in [0.15, 0.2) is 36.8 Å².